The van der Waals surface area contributed by atoms with Crippen molar-refractivity contribution in [3.8, 4) is 5.69 Å². The van der Waals surface area contributed by atoms with Gasteiger partial charge in [-0.3, -0.25) is 0 Å². The summed E-state index contributed by atoms with van der Waals surface area (Å²) >= 11 is 0. The first-order valence-corrected chi connectivity index (χ1v) is 10.5. The second-order valence-electron chi connectivity index (χ2n) is 7.80. The lowest BCUT2D eigenvalue weighted by molar-refractivity contribution is 0.270. The van der Waals surface area contributed by atoms with Gasteiger partial charge in [0.2, 0.25) is 0 Å². The second-order valence-corrected chi connectivity index (χ2v) is 7.80. The molecule has 1 aliphatic rings. The Hall–Kier alpha value is -1.85. The summed E-state index contributed by atoms with van der Waals surface area (Å²) in [7, 11) is 0. The highest BCUT2D eigenvalue weighted by Gasteiger charge is 2.25. The van der Waals surface area contributed by atoms with E-state index in [0.29, 0.717) is 5.92 Å². The zero-order valence-electron chi connectivity index (χ0n) is 17.4. The molecule has 0 spiro atoms. The molecule has 2 heterocycles. The number of hydrogen-bond acceptors (Lipinski definition) is 4. The van der Waals surface area contributed by atoms with Gasteiger partial charge in [0, 0.05) is 38.3 Å². The monoisotopic (exact) mass is 369 g/mol. The van der Waals surface area contributed by atoms with E-state index in [1.165, 1.54) is 17.1 Å². The fraction of sp³-hybridized carbons (Fsp3) is 0.591. The molecule has 0 unspecified atom stereocenters. The zero-order valence-corrected chi connectivity index (χ0v) is 17.4. The average molecular weight is 370 g/mol. The Balaban J connectivity index is 1.96. The number of rotatable bonds is 8. The summed E-state index contributed by atoms with van der Waals surface area (Å²) in [5.41, 5.74) is 3.73. The predicted molar refractivity (Wildman–Crippen MR) is 114 cm³/mol. The molecule has 0 saturated carbocycles. The standard InChI is InChI=1S/C22H35N5/c1-5-21-20(17-23-16-18(3)4)22(26-14-12-25(6-2)13-15-26)27(24-21)19-10-8-7-9-11-19/h7-11,18,23H,5-6,12-17H2,1-4H3. The van der Waals surface area contributed by atoms with Crippen LogP contribution < -0.4 is 10.2 Å². The molecule has 1 aliphatic heterocycles. The van der Waals surface area contributed by atoms with Crippen molar-refractivity contribution in [1.82, 2.24) is 20.0 Å². The van der Waals surface area contributed by atoms with Crippen LogP contribution >= 0.6 is 0 Å². The number of likely N-dealkylation sites (N-methyl/N-ethyl adjacent to an activating group) is 1. The average Bonchev–Trinajstić information content (AvgIpc) is 3.07. The van der Waals surface area contributed by atoms with E-state index >= 15 is 0 Å². The largest absolute Gasteiger partial charge is 0.354 e. The summed E-state index contributed by atoms with van der Waals surface area (Å²) in [6.07, 6.45) is 0.959. The zero-order chi connectivity index (χ0) is 19.2. The van der Waals surface area contributed by atoms with Crippen LogP contribution in [0, 0.1) is 5.92 Å². The van der Waals surface area contributed by atoms with Gasteiger partial charge >= 0.3 is 0 Å². The van der Waals surface area contributed by atoms with Crippen LogP contribution in [-0.2, 0) is 13.0 Å². The molecule has 5 heteroatoms. The minimum atomic E-state index is 0.649. The Morgan fingerprint density at radius 3 is 2.33 bits per heavy atom. The molecule has 0 amide bonds. The number of nitrogens with one attached hydrogen (secondary N) is 1. The van der Waals surface area contributed by atoms with Crippen LogP contribution in [0.25, 0.3) is 5.69 Å². The van der Waals surface area contributed by atoms with Crippen LogP contribution in [0.5, 0.6) is 0 Å². The summed E-state index contributed by atoms with van der Waals surface area (Å²) in [4.78, 5) is 5.06. The highest BCUT2D eigenvalue weighted by atomic mass is 15.4. The minimum Gasteiger partial charge on any atom is -0.354 e. The maximum absolute atomic E-state index is 5.03. The quantitative estimate of drug-likeness (QED) is 0.774. The molecular formula is C22H35N5. The lowest BCUT2D eigenvalue weighted by Gasteiger charge is -2.36. The molecule has 5 nitrogen and oxygen atoms in total. The number of hydrogen-bond donors (Lipinski definition) is 1. The first-order chi connectivity index (χ1) is 13.1. The van der Waals surface area contributed by atoms with Gasteiger partial charge in [0.25, 0.3) is 0 Å². The van der Waals surface area contributed by atoms with Crippen LogP contribution in [0.1, 0.15) is 39.0 Å². The van der Waals surface area contributed by atoms with Crippen molar-refractivity contribution in [3.63, 3.8) is 0 Å². The van der Waals surface area contributed by atoms with E-state index in [2.05, 4.69) is 77.8 Å². The van der Waals surface area contributed by atoms with E-state index in [1.54, 1.807) is 0 Å². The van der Waals surface area contributed by atoms with Crippen molar-refractivity contribution >= 4 is 5.82 Å². The van der Waals surface area contributed by atoms with Crippen molar-refractivity contribution in [2.24, 2.45) is 5.92 Å². The maximum Gasteiger partial charge on any atom is 0.137 e. The van der Waals surface area contributed by atoms with Crippen LogP contribution in [-0.4, -0.2) is 53.9 Å². The normalized spacial score (nSPS) is 15.7. The molecular weight excluding hydrogens is 334 g/mol. The SMILES string of the molecule is CCc1nn(-c2ccccc2)c(N2CCN(CC)CC2)c1CNCC(C)C. The molecule has 0 aliphatic carbocycles. The lowest BCUT2D eigenvalue weighted by Crippen LogP contribution is -2.47. The van der Waals surface area contributed by atoms with Gasteiger partial charge in [0.05, 0.1) is 11.4 Å². The molecule has 3 rings (SSSR count). The third-order valence-corrected chi connectivity index (χ3v) is 5.35. The summed E-state index contributed by atoms with van der Waals surface area (Å²) in [6, 6.07) is 10.6. The van der Waals surface area contributed by atoms with Gasteiger partial charge in [-0.05, 0) is 37.6 Å². The van der Waals surface area contributed by atoms with Crippen molar-refractivity contribution in [3.05, 3.63) is 41.6 Å². The molecule has 1 saturated heterocycles. The number of nitrogens with zero attached hydrogens (tertiary/aromatic N) is 4. The van der Waals surface area contributed by atoms with Gasteiger partial charge in [-0.15, -0.1) is 0 Å². The number of aryl methyl sites for hydroxylation is 1. The van der Waals surface area contributed by atoms with Gasteiger partial charge < -0.3 is 15.1 Å². The van der Waals surface area contributed by atoms with Gasteiger partial charge in [-0.25, -0.2) is 4.68 Å². The first kappa shape index (κ1) is 19.9. The Morgan fingerprint density at radius 2 is 1.74 bits per heavy atom. The number of para-hydroxylation sites is 1. The van der Waals surface area contributed by atoms with Crippen LogP contribution in [0.3, 0.4) is 0 Å². The van der Waals surface area contributed by atoms with E-state index < -0.39 is 0 Å². The molecule has 1 fully saturated rings. The van der Waals surface area contributed by atoms with Crippen molar-refractivity contribution in [2.75, 3.05) is 44.2 Å². The topological polar surface area (TPSA) is 36.3 Å². The molecule has 0 radical (unpaired) electrons. The van der Waals surface area contributed by atoms with Gasteiger partial charge in [0.15, 0.2) is 0 Å². The van der Waals surface area contributed by atoms with Crippen molar-refractivity contribution in [1.29, 1.82) is 0 Å². The molecule has 1 aromatic heterocycles. The number of anilines is 1. The minimum absolute atomic E-state index is 0.649. The van der Waals surface area contributed by atoms with E-state index in [9.17, 15) is 0 Å². The highest BCUT2D eigenvalue weighted by molar-refractivity contribution is 5.56. The maximum atomic E-state index is 5.03. The molecule has 1 aromatic carbocycles. The van der Waals surface area contributed by atoms with Gasteiger partial charge in [-0.1, -0.05) is 45.9 Å². The summed E-state index contributed by atoms with van der Waals surface area (Å²) < 4.78 is 2.17. The van der Waals surface area contributed by atoms with E-state index in [0.717, 1.165) is 57.9 Å². The van der Waals surface area contributed by atoms with Gasteiger partial charge in [-0.2, -0.15) is 5.10 Å². The van der Waals surface area contributed by atoms with Crippen molar-refractivity contribution < 1.29 is 0 Å². The van der Waals surface area contributed by atoms with E-state index in [4.69, 9.17) is 5.10 Å². The Bertz CT molecular complexity index is 699. The van der Waals surface area contributed by atoms with E-state index in [1.807, 2.05) is 0 Å². The van der Waals surface area contributed by atoms with Crippen LogP contribution in [0.15, 0.2) is 30.3 Å². The Morgan fingerprint density at radius 1 is 1.04 bits per heavy atom. The summed E-state index contributed by atoms with van der Waals surface area (Å²) in [6.45, 7) is 16.4. The fourth-order valence-electron chi connectivity index (χ4n) is 3.79. The molecule has 1 N–H and O–H groups in total. The van der Waals surface area contributed by atoms with Gasteiger partial charge in [0.1, 0.15) is 5.82 Å². The highest BCUT2D eigenvalue weighted by Crippen LogP contribution is 2.29. The number of piperazine rings is 1. The summed E-state index contributed by atoms with van der Waals surface area (Å²) in [5, 5.41) is 8.68. The molecule has 0 atom stereocenters. The predicted octanol–water partition coefficient (Wildman–Crippen LogP) is 3.32. The third kappa shape index (κ3) is 4.71. The molecule has 148 valence electrons. The second kappa shape index (κ2) is 9.38. The lowest BCUT2D eigenvalue weighted by atomic mass is 10.1. The number of benzene rings is 1. The number of aromatic nitrogens is 2. The Labute approximate surface area is 164 Å². The molecule has 27 heavy (non-hydrogen) atoms. The smallest absolute Gasteiger partial charge is 0.137 e. The molecule has 0 bridgehead atoms. The third-order valence-electron chi connectivity index (χ3n) is 5.35. The van der Waals surface area contributed by atoms with Crippen LogP contribution in [0.2, 0.25) is 0 Å². The van der Waals surface area contributed by atoms with Crippen molar-refractivity contribution in [2.45, 2.75) is 40.7 Å². The first-order valence-electron chi connectivity index (χ1n) is 10.5. The fourth-order valence-corrected chi connectivity index (χ4v) is 3.79. The van der Waals surface area contributed by atoms with Crippen LogP contribution in [0.4, 0.5) is 5.82 Å². The van der Waals surface area contributed by atoms with E-state index in [-0.39, 0.29) is 0 Å². The summed E-state index contributed by atoms with van der Waals surface area (Å²) in [5.74, 6) is 1.93. The Kier molecular flexibility index (Phi) is 6.91. The molecule has 2 aromatic rings.